The van der Waals surface area contributed by atoms with Crippen molar-refractivity contribution in [2.24, 2.45) is 0 Å². The van der Waals surface area contributed by atoms with Crippen LogP contribution in [-0.4, -0.2) is 9.97 Å². The van der Waals surface area contributed by atoms with Gasteiger partial charge in [0.2, 0.25) is 0 Å². The third-order valence-corrected chi connectivity index (χ3v) is 4.18. The zero-order valence-electron chi connectivity index (χ0n) is 16.2. The first-order valence-corrected chi connectivity index (χ1v) is 9.55. The highest BCUT2D eigenvalue weighted by atomic mass is 16.5. The molecule has 2 heterocycles. The van der Waals surface area contributed by atoms with E-state index in [1.165, 1.54) is 0 Å². The van der Waals surface area contributed by atoms with E-state index in [1.54, 1.807) is 6.20 Å². The van der Waals surface area contributed by atoms with Crippen LogP contribution in [0.15, 0.2) is 97.2 Å². The summed E-state index contributed by atoms with van der Waals surface area (Å²) in [6, 6.07) is 28.9. The Bertz CT molecular complexity index is 1240. The summed E-state index contributed by atoms with van der Waals surface area (Å²) in [5, 5.41) is 0. The lowest BCUT2D eigenvalue weighted by Crippen LogP contribution is -1.99. The smallest absolute Gasteiger partial charge is 0.130 e. The molecule has 4 aromatic rings. The summed E-state index contributed by atoms with van der Waals surface area (Å²) in [5.41, 5.74) is 3.96. The van der Waals surface area contributed by atoms with Crippen LogP contribution in [0, 0.1) is 23.7 Å². The Labute approximate surface area is 176 Å². The van der Waals surface area contributed by atoms with Crippen molar-refractivity contribution in [2.75, 3.05) is 0 Å². The molecule has 2 aromatic heterocycles. The number of ether oxygens (including phenoxy) is 1. The molecule has 0 unspecified atom stereocenters. The van der Waals surface area contributed by atoms with Crippen molar-refractivity contribution < 1.29 is 4.74 Å². The Morgan fingerprint density at radius 2 is 1.27 bits per heavy atom. The average Bonchev–Trinajstić information content (AvgIpc) is 2.82. The van der Waals surface area contributed by atoms with E-state index in [0.29, 0.717) is 12.3 Å². The lowest BCUT2D eigenvalue weighted by molar-refractivity contribution is 0.301. The normalized spacial score (nSPS) is 9.60. The van der Waals surface area contributed by atoms with E-state index in [-0.39, 0.29) is 0 Å². The van der Waals surface area contributed by atoms with Crippen molar-refractivity contribution in [3.8, 4) is 29.4 Å². The highest BCUT2D eigenvalue weighted by Gasteiger charge is 1.99. The lowest BCUT2D eigenvalue weighted by Gasteiger charge is -2.05. The molecule has 0 fully saturated rings. The number of para-hydroxylation sites is 1. The standard InChI is InChI=1S/C27H18N2O/c1-2-14-27(15-3-1)30-21-26-13-8-12-25(29-26)19-17-23-10-5-4-9-22(23)16-18-24-11-6-7-20-28-24/h1-15,20H,21H2. The molecule has 0 N–H and O–H groups in total. The van der Waals surface area contributed by atoms with Gasteiger partial charge in [-0.2, -0.15) is 0 Å². The Kier molecular flexibility index (Phi) is 6.16. The summed E-state index contributed by atoms with van der Waals surface area (Å²) >= 11 is 0. The van der Waals surface area contributed by atoms with Gasteiger partial charge in [-0.1, -0.05) is 54.3 Å². The van der Waals surface area contributed by atoms with Gasteiger partial charge in [-0.25, -0.2) is 9.97 Å². The summed E-state index contributed by atoms with van der Waals surface area (Å²) in [7, 11) is 0. The minimum atomic E-state index is 0.395. The first-order chi connectivity index (χ1) is 14.9. The predicted molar refractivity (Wildman–Crippen MR) is 118 cm³/mol. The van der Waals surface area contributed by atoms with E-state index >= 15 is 0 Å². The van der Waals surface area contributed by atoms with Crippen LogP contribution in [0.1, 0.15) is 28.2 Å². The van der Waals surface area contributed by atoms with Crippen LogP contribution < -0.4 is 4.74 Å². The molecule has 142 valence electrons. The van der Waals surface area contributed by atoms with Gasteiger partial charge in [0, 0.05) is 17.3 Å². The second-order valence-electron chi connectivity index (χ2n) is 6.38. The molecular weight excluding hydrogens is 368 g/mol. The molecule has 30 heavy (non-hydrogen) atoms. The molecule has 4 rings (SSSR count). The SMILES string of the molecule is C(#Cc1ccccc1C#Cc1cccc(COc2ccccc2)n1)c1ccccn1. The van der Waals surface area contributed by atoms with Gasteiger partial charge in [0.1, 0.15) is 23.7 Å². The van der Waals surface area contributed by atoms with Gasteiger partial charge in [0.15, 0.2) is 0 Å². The summed E-state index contributed by atoms with van der Waals surface area (Å²) in [6.45, 7) is 0.395. The van der Waals surface area contributed by atoms with Gasteiger partial charge in [-0.05, 0) is 60.4 Å². The molecule has 3 nitrogen and oxygen atoms in total. The molecule has 0 saturated heterocycles. The van der Waals surface area contributed by atoms with Crippen LogP contribution in [-0.2, 0) is 6.61 Å². The third-order valence-electron chi connectivity index (χ3n) is 4.18. The van der Waals surface area contributed by atoms with Crippen LogP contribution in [0.5, 0.6) is 5.75 Å². The fourth-order valence-electron chi connectivity index (χ4n) is 2.70. The lowest BCUT2D eigenvalue weighted by atomic mass is 10.1. The van der Waals surface area contributed by atoms with Crippen LogP contribution in [0.4, 0.5) is 0 Å². The number of hydrogen-bond acceptors (Lipinski definition) is 3. The van der Waals surface area contributed by atoms with Gasteiger partial charge < -0.3 is 4.74 Å². The van der Waals surface area contributed by atoms with E-state index in [2.05, 4.69) is 33.6 Å². The molecule has 3 heteroatoms. The number of aromatic nitrogens is 2. The predicted octanol–water partition coefficient (Wildman–Crippen LogP) is 4.86. The highest BCUT2D eigenvalue weighted by Crippen LogP contribution is 2.11. The van der Waals surface area contributed by atoms with Crippen LogP contribution >= 0.6 is 0 Å². The van der Waals surface area contributed by atoms with Crippen LogP contribution in [0.2, 0.25) is 0 Å². The quantitative estimate of drug-likeness (QED) is 0.472. The van der Waals surface area contributed by atoms with Crippen molar-refractivity contribution in [1.29, 1.82) is 0 Å². The summed E-state index contributed by atoms with van der Waals surface area (Å²) < 4.78 is 5.77. The summed E-state index contributed by atoms with van der Waals surface area (Å²) in [4.78, 5) is 8.82. The molecule has 0 amide bonds. The fraction of sp³-hybridized carbons (Fsp3) is 0.0370. The van der Waals surface area contributed by atoms with Crippen molar-refractivity contribution in [3.63, 3.8) is 0 Å². The van der Waals surface area contributed by atoms with E-state index in [4.69, 9.17) is 4.74 Å². The zero-order chi connectivity index (χ0) is 20.4. The maximum atomic E-state index is 5.77. The monoisotopic (exact) mass is 386 g/mol. The Morgan fingerprint density at radius 1 is 0.600 bits per heavy atom. The number of benzene rings is 2. The third kappa shape index (κ3) is 5.35. The molecule has 0 aliphatic heterocycles. The molecule has 0 atom stereocenters. The number of hydrogen-bond donors (Lipinski definition) is 0. The van der Waals surface area contributed by atoms with Crippen molar-refractivity contribution in [1.82, 2.24) is 9.97 Å². The molecule has 0 spiro atoms. The van der Waals surface area contributed by atoms with Gasteiger partial charge in [-0.3, -0.25) is 0 Å². The minimum Gasteiger partial charge on any atom is -0.487 e. The van der Waals surface area contributed by atoms with Crippen molar-refractivity contribution in [2.45, 2.75) is 6.61 Å². The number of pyridine rings is 2. The Morgan fingerprint density at radius 3 is 2.00 bits per heavy atom. The van der Waals surface area contributed by atoms with Crippen LogP contribution in [0.25, 0.3) is 0 Å². The second kappa shape index (κ2) is 9.73. The molecule has 0 aliphatic carbocycles. The Balaban J connectivity index is 1.51. The second-order valence-corrected chi connectivity index (χ2v) is 6.38. The van der Waals surface area contributed by atoms with E-state index < -0.39 is 0 Å². The van der Waals surface area contributed by atoms with Gasteiger partial charge >= 0.3 is 0 Å². The molecule has 0 saturated carbocycles. The summed E-state index contributed by atoms with van der Waals surface area (Å²) in [5.74, 6) is 13.4. The average molecular weight is 386 g/mol. The van der Waals surface area contributed by atoms with E-state index in [1.807, 2.05) is 91.0 Å². The van der Waals surface area contributed by atoms with E-state index in [9.17, 15) is 0 Å². The van der Waals surface area contributed by atoms with E-state index in [0.717, 1.165) is 28.3 Å². The maximum Gasteiger partial charge on any atom is 0.130 e. The molecule has 2 aromatic carbocycles. The topological polar surface area (TPSA) is 35.0 Å². The van der Waals surface area contributed by atoms with Gasteiger partial charge in [-0.15, -0.1) is 0 Å². The van der Waals surface area contributed by atoms with Gasteiger partial charge in [0.05, 0.1) is 5.69 Å². The maximum absolute atomic E-state index is 5.77. The Hall–Kier alpha value is -4.34. The number of nitrogens with zero attached hydrogens (tertiary/aromatic N) is 2. The molecular formula is C27H18N2O. The first-order valence-electron chi connectivity index (χ1n) is 9.55. The number of rotatable bonds is 3. The zero-order valence-corrected chi connectivity index (χ0v) is 16.2. The molecule has 0 aliphatic rings. The fourth-order valence-corrected chi connectivity index (χ4v) is 2.70. The largest absolute Gasteiger partial charge is 0.487 e. The van der Waals surface area contributed by atoms with Crippen molar-refractivity contribution >= 4 is 0 Å². The highest BCUT2D eigenvalue weighted by molar-refractivity contribution is 5.53. The minimum absolute atomic E-state index is 0.395. The molecule has 0 radical (unpaired) electrons. The summed E-state index contributed by atoms with van der Waals surface area (Å²) in [6.07, 6.45) is 1.73. The van der Waals surface area contributed by atoms with Crippen molar-refractivity contribution in [3.05, 3.63) is 125 Å². The van der Waals surface area contributed by atoms with Crippen LogP contribution in [0.3, 0.4) is 0 Å². The molecule has 0 bridgehead atoms. The first kappa shape index (κ1) is 19.0. The van der Waals surface area contributed by atoms with Gasteiger partial charge in [0.25, 0.3) is 0 Å².